The predicted molar refractivity (Wildman–Crippen MR) is 88.0 cm³/mol. The zero-order valence-electron chi connectivity index (χ0n) is 12.6. The average molecular weight is 309 g/mol. The lowest BCUT2D eigenvalue weighted by molar-refractivity contribution is 0.628. The van der Waals surface area contributed by atoms with Gasteiger partial charge in [-0.25, -0.2) is 9.37 Å². The van der Waals surface area contributed by atoms with Gasteiger partial charge in [0.2, 0.25) is 5.95 Å². The molecule has 0 aliphatic heterocycles. The van der Waals surface area contributed by atoms with Crippen molar-refractivity contribution in [3.05, 3.63) is 71.9 Å². The van der Waals surface area contributed by atoms with Crippen LogP contribution in [0.15, 0.2) is 54.9 Å². The van der Waals surface area contributed by atoms with Crippen molar-refractivity contribution < 1.29 is 4.39 Å². The Morgan fingerprint density at radius 2 is 1.74 bits per heavy atom. The molecule has 2 N–H and O–H groups in total. The van der Waals surface area contributed by atoms with E-state index in [4.69, 9.17) is 0 Å². The minimum absolute atomic E-state index is 0.269. The molecule has 0 amide bonds. The van der Waals surface area contributed by atoms with E-state index in [1.54, 1.807) is 24.5 Å². The van der Waals surface area contributed by atoms with Gasteiger partial charge in [-0.1, -0.05) is 0 Å². The van der Waals surface area contributed by atoms with Crippen LogP contribution in [0.5, 0.6) is 0 Å². The molecule has 0 bridgehead atoms. The van der Waals surface area contributed by atoms with Gasteiger partial charge in [0.1, 0.15) is 11.6 Å². The highest BCUT2D eigenvalue weighted by Crippen LogP contribution is 2.17. The summed E-state index contributed by atoms with van der Waals surface area (Å²) >= 11 is 0. The van der Waals surface area contributed by atoms with Gasteiger partial charge in [0, 0.05) is 36.4 Å². The third-order valence-corrected chi connectivity index (χ3v) is 3.17. The third-order valence-electron chi connectivity index (χ3n) is 3.17. The second-order valence-electron chi connectivity index (χ2n) is 5.06. The summed E-state index contributed by atoms with van der Waals surface area (Å²) in [4.78, 5) is 12.8. The maximum absolute atomic E-state index is 12.9. The number of aromatic nitrogens is 3. The van der Waals surface area contributed by atoms with Crippen LogP contribution in [-0.2, 0) is 6.54 Å². The Bertz CT molecular complexity index is 775. The van der Waals surface area contributed by atoms with Crippen LogP contribution in [0, 0.1) is 12.7 Å². The summed E-state index contributed by atoms with van der Waals surface area (Å²) in [6.07, 6.45) is 3.49. The van der Waals surface area contributed by atoms with Gasteiger partial charge in [0.05, 0.1) is 0 Å². The van der Waals surface area contributed by atoms with Gasteiger partial charge < -0.3 is 10.6 Å². The minimum Gasteiger partial charge on any atom is -0.350 e. The van der Waals surface area contributed by atoms with E-state index >= 15 is 0 Å². The summed E-state index contributed by atoms with van der Waals surface area (Å²) in [7, 11) is 0. The summed E-state index contributed by atoms with van der Waals surface area (Å²) in [5, 5.41) is 6.33. The quantitative estimate of drug-likeness (QED) is 0.753. The molecular weight excluding hydrogens is 293 g/mol. The first kappa shape index (κ1) is 14.9. The molecule has 0 spiro atoms. The van der Waals surface area contributed by atoms with E-state index in [1.165, 1.54) is 12.1 Å². The topological polar surface area (TPSA) is 62.7 Å². The van der Waals surface area contributed by atoms with Crippen LogP contribution in [0.2, 0.25) is 0 Å². The first-order chi connectivity index (χ1) is 11.2. The van der Waals surface area contributed by atoms with Crippen molar-refractivity contribution >= 4 is 17.5 Å². The molecule has 0 aliphatic carbocycles. The molecule has 0 saturated carbocycles. The zero-order valence-corrected chi connectivity index (χ0v) is 12.6. The molecule has 3 aromatic rings. The molecular formula is C17H16FN5. The van der Waals surface area contributed by atoms with Crippen molar-refractivity contribution in [3.8, 4) is 0 Å². The molecule has 0 fully saturated rings. The molecule has 23 heavy (non-hydrogen) atoms. The summed E-state index contributed by atoms with van der Waals surface area (Å²) in [6, 6.07) is 11.8. The van der Waals surface area contributed by atoms with E-state index in [0.29, 0.717) is 18.3 Å². The molecule has 0 atom stereocenters. The Morgan fingerprint density at radius 1 is 1.00 bits per heavy atom. The van der Waals surface area contributed by atoms with E-state index in [1.807, 2.05) is 25.1 Å². The Morgan fingerprint density at radius 3 is 2.48 bits per heavy atom. The van der Waals surface area contributed by atoms with Crippen molar-refractivity contribution in [2.24, 2.45) is 0 Å². The number of hydrogen-bond donors (Lipinski definition) is 2. The smallest absolute Gasteiger partial charge is 0.225 e. The van der Waals surface area contributed by atoms with Crippen LogP contribution in [0.4, 0.5) is 21.8 Å². The van der Waals surface area contributed by atoms with Gasteiger partial charge in [-0.05, 0) is 48.9 Å². The van der Waals surface area contributed by atoms with Gasteiger partial charge in [0.25, 0.3) is 0 Å². The number of benzene rings is 1. The monoisotopic (exact) mass is 309 g/mol. The molecule has 0 unspecified atom stereocenters. The number of pyridine rings is 1. The van der Waals surface area contributed by atoms with Crippen LogP contribution < -0.4 is 10.6 Å². The number of halogens is 1. The van der Waals surface area contributed by atoms with Crippen molar-refractivity contribution in [2.75, 3.05) is 10.6 Å². The molecule has 0 radical (unpaired) electrons. The van der Waals surface area contributed by atoms with Gasteiger partial charge in [-0.15, -0.1) is 0 Å². The fraction of sp³-hybridized carbons (Fsp3) is 0.118. The Kier molecular flexibility index (Phi) is 4.42. The molecule has 2 heterocycles. The molecule has 1 aromatic carbocycles. The van der Waals surface area contributed by atoms with Crippen molar-refractivity contribution in [1.82, 2.24) is 15.0 Å². The van der Waals surface area contributed by atoms with Crippen LogP contribution in [0.25, 0.3) is 0 Å². The van der Waals surface area contributed by atoms with Crippen molar-refractivity contribution in [1.29, 1.82) is 0 Å². The van der Waals surface area contributed by atoms with Crippen molar-refractivity contribution in [2.45, 2.75) is 13.5 Å². The van der Waals surface area contributed by atoms with Gasteiger partial charge in [0.15, 0.2) is 0 Å². The number of nitrogens with zero attached hydrogens (tertiary/aromatic N) is 3. The average Bonchev–Trinajstić information content (AvgIpc) is 2.56. The molecule has 3 rings (SSSR count). The Hall–Kier alpha value is -3.02. The minimum atomic E-state index is -0.269. The maximum atomic E-state index is 12.9. The van der Waals surface area contributed by atoms with E-state index in [9.17, 15) is 4.39 Å². The summed E-state index contributed by atoms with van der Waals surface area (Å²) in [5.41, 5.74) is 2.70. The summed E-state index contributed by atoms with van der Waals surface area (Å²) in [6.45, 7) is 2.51. The van der Waals surface area contributed by atoms with Crippen LogP contribution in [0.3, 0.4) is 0 Å². The predicted octanol–water partition coefficient (Wildman–Crippen LogP) is 3.67. The number of hydrogen-bond acceptors (Lipinski definition) is 5. The van der Waals surface area contributed by atoms with Gasteiger partial charge >= 0.3 is 0 Å². The van der Waals surface area contributed by atoms with Crippen LogP contribution >= 0.6 is 0 Å². The van der Waals surface area contributed by atoms with Crippen LogP contribution in [-0.4, -0.2) is 15.0 Å². The molecule has 2 aromatic heterocycles. The standard InChI is InChI=1S/C17H16FN5/c1-12-10-16(22-15-4-2-14(18)3-5-15)23-17(21-12)20-11-13-6-8-19-9-7-13/h2-10H,11H2,1H3,(H2,20,21,22,23). The molecule has 5 nitrogen and oxygen atoms in total. The maximum Gasteiger partial charge on any atom is 0.225 e. The zero-order chi connectivity index (χ0) is 16.1. The van der Waals surface area contributed by atoms with Gasteiger partial charge in [-0.2, -0.15) is 4.98 Å². The van der Waals surface area contributed by atoms with E-state index in [0.717, 1.165) is 16.9 Å². The SMILES string of the molecule is Cc1cc(Nc2ccc(F)cc2)nc(NCc2ccncc2)n1. The molecule has 116 valence electrons. The second-order valence-corrected chi connectivity index (χ2v) is 5.06. The highest BCUT2D eigenvalue weighted by Gasteiger charge is 2.03. The van der Waals surface area contributed by atoms with Gasteiger partial charge in [-0.3, -0.25) is 4.98 Å². The highest BCUT2D eigenvalue weighted by molar-refractivity contribution is 5.57. The summed E-state index contributed by atoms with van der Waals surface area (Å²) < 4.78 is 12.9. The lowest BCUT2D eigenvalue weighted by Crippen LogP contribution is -2.06. The van der Waals surface area contributed by atoms with E-state index < -0.39 is 0 Å². The fourth-order valence-electron chi connectivity index (χ4n) is 2.07. The first-order valence-electron chi connectivity index (χ1n) is 7.20. The molecule has 6 heteroatoms. The Labute approximate surface area is 133 Å². The first-order valence-corrected chi connectivity index (χ1v) is 7.20. The van der Waals surface area contributed by atoms with E-state index in [-0.39, 0.29) is 5.82 Å². The van der Waals surface area contributed by atoms with Crippen LogP contribution in [0.1, 0.15) is 11.3 Å². The molecule has 0 saturated heterocycles. The number of nitrogens with one attached hydrogen (secondary N) is 2. The lowest BCUT2D eigenvalue weighted by atomic mass is 10.3. The highest BCUT2D eigenvalue weighted by atomic mass is 19.1. The van der Waals surface area contributed by atoms with Crippen molar-refractivity contribution in [3.63, 3.8) is 0 Å². The van der Waals surface area contributed by atoms with E-state index in [2.05, 4.69) is 25.6 Å². The summed E-state index contributed by atoms with van der Waals surface area (Å²) in [5.74, 6) is 0.918. The normalized spacial score (nSPS) is 10.3. The molecule has 0 aliphatic rings. The Balaban J connectivity index is 1.72. The third kappa shape index (κ3) is 4.23. The number of anilines is 3. The largest absolute Gasteiger partial charge is 0.350 e. The number of aryl methyl sites for hydroxylation is 1. The second kappa shape index (κ2) is 6.83. The lowest BCUT2D eigenvalue weighted by Gasteiger charge is -2.10. The number of rotatable bonds is 5. The fourth-order valence-corrected chi connectivity index (χ4v) is 2.07.